The molecule has 0 aliphatic heterocycles. The van der Waals surface area contributed by atoms with Crippen LogP contribution in [0.4, 0.5) is 105 Å². The van der Waals surface area contributed by atoms with Gasteiger partial charge in [-0.05, 0) is 42.8 Å². The molecule has 7 rings (SSSR count). The normalized spacial score (nSPS) is 13.1. The Kier molecular flexibility index (Phi) is 17.2. The Morgan fingerprint density at radius 1 is 0.427 bits per heavy atom. The van der Waals surface area contributed by atoms with E-state index < -0.39 is 201 Å². The van der Waals surface area contributed by atoms with Crippen LogP contribution >= 0.6 is 0 Å². The molecule has 0 aliphatic carbocycles. The van der Waals surface area contributed by atoms with Gasteiger partial charge in [0.05, 0.1) is 50.7 Å². The molecule has 0 aliphatic rings. The summed E-state index contributed by atoms with van der Waals surface area (Å²) >= 11 is 0. The van der Waals surface area contributed by atoms with Crippen LogP contribution in [0.1, 0.15) is 70.9 Å². The molecule has 0 unspecified atom stereocenters. The van der Waals surface area contributed by atoms with Crippen LogP contribution in [0.2, 0.25) is 0 Å². The second kappa shape index (κ2) is 22.3. The molecule has 436 valence electrons. The minimum atomic E-state index is -6.13. The predicted molar refractivity (Wildman–Crippen MR) is 241 cm³/mol. The molecule has 0 saturated carbocycles. The van der Waals surface area contributed by atoms with Gasteiger partial charge in [-0.25, -0.2) is 9.78 Å². The Morgan fingerprint density at radius 3 is 1.01 bits per heavy atom. The maximum absolute atomic E-state index is 14.2. The number of ketones is 1. The summed E-state index contributed by atoms with van der Waals surface area (Å²) < 4.78 is 348. The Hall–Kier alpha value is -8.08. The summed E-state index contributed by atoms with van der Waals surface area (Å²) in [6, 6.07) is 7.46. The molecule has 1 heterocycles. The van der Waals surface area contributed by atoms with Gasteiger partial charge in [-0.3, -0.25) is 4.79 Å². The van der Waals surface area contributed by atoms with Gasteiger partial charge >= 0.3 is 55.4 Å². The lowest BCUT2D eigenvalue weighted by Crippen LogP contribution is -2.75. The molecule has 1 aromatic heterocycles. The zero-order valence-electron chi connectivity index (χ0n) is 40.3. The molecule has 0 spiro atoms. The Morgan fingerprint density at radius 2 is 0.720 bits per heavy atom. The molecule has 0 N–H and O–H groups in total. The first-order valence-corrected chi connectivity index (χ1v) is 22.5. The highest BCUT2D eigenvalue weighted by molar-refractivity contribution is 7.20. The van der Waals surface area contributed by atoms with Gasteiger partial charge in [0.2, 0.25) is 24.2 Å². The van der Waals surface area contributed by atoms with Crippen molar-refractivity contribution in [2.75, 3.05) is 0 Å². The second-order valence-electron chi connectivity index (χ2n) is 17.8. The number of Topliss-reactive ketones (excluding diaryl/α,β-unsaturated/α-hetero) is 1. The zero-order valence-corrected chi connectivity index (χ0v) is 40.3. The maximum atomic E-state index is 14.2. The van der Waals surface area contributed by atoms with Gasteiger partial charge in [0.1, 0.15) is 11.9 Å². The number of ether oxygens (including phenoxy) is 1. The van der Waals surface area contributed by atoms with Crippen molar-refractivity contribution in [2.45, 2.75) is 62.9 Å². The first-order valence-electron chi connectivity index (χ1n) is 22.5. The van der Waals surface area contributed by atoms with E-state index in [1.807, 2.05) is 37.3 Å². The van der Waals surface area contributed by atoms with Gasteiger partial charge in [0.15, 0.2) is 6.20 Å². The number of hydrogen-bond donors (Lipinski definition) is 0. The van der Waals surface area contributed by atoms with E-state index in [9.17, 15) is 115 Å². The zero-order chi connectivity index (χ0) is 61.6. The average molecular weight is 1200 g/mol. The third-order valence-electron chi connectivity index (χ3n) is 12.1. The van der Waals surface area contributed by atoms with Gasteiger partial charge in [0, 0.05) is 5.56 Å². The van der Waals surface area contributed by atoms with E-state index in [-0.39, 0.29) is 18.0 Å². The summed E-state index contributed by atoms with van der Waals surface area (Å²) in [5.41, 5.74) is -28.6. The SMILES string of the molecule is Cc1ccccc1OC(=O)c1c[n+](CC(=O)c2ccccc2)ccn1.FC(F)(F)c1cc([B-](c2cc(C(F)(F)F)cc(C(F)(F)F)c2)(c2cc(C(F)(F)F)cc(C(F)(F)F)c2)c2cc(C(F)(F)F)cc(C(F)(F)F)c2)cc(C(F)(F)F)c1. The monoisotopic (exact) mass is 1200 g/mol. The molecule has 0 atom stereocenters. The summed E-state index contributed by atoms with van der Waals surface area (Å²) in [7, 11) is 0. The third kappa shape index (κ3) is 14.7. The highest BCUT2D eigenvalue weighted by atomic mass is 19.4. The predicted octanol–water partition coefficient (Wildman–Crippen LogP) is 14.0. The Labute approximate surface area is 444 Å². The lowest BCUT2D eigenvalue weighted by molar-refractivity contribution is -0.683. The fraction of sp³-hybridized carbons (Fsp3) is 0.192. The fourth-order valence-corrected chi connectivity index (χ4v) is 8.41. The van der Waals surface area contributed by atoms with Crippen LogP contribution in [-0.4, -0.2) is 22.9 Å². The van der Waals surface area contributed by atoms with Crippen molar-refractivity contribution in [3.63, 3.8) is 0 Å². The van der Waals surface area contributed by atoms with Crippen molar-refractivity contribution in [1.29, 1.82) is 0 Å². The minimum Gasteiger partial charge on any atom is -0.421 e. The summed E-state index contributed by atoms with van der Waals surface area (Å²) in [6.07, 6.45) is -50.2. The topological polar surface area (TPSA) is 60.1 Å². The molecular formula is C52H29BF24N2O3. The van der Waals surface area contributed by atoms with Crippen molar-refractivity contribution in [3.05, 3.63) is 207 Å². The van der Waals surface area contributed by atoms with Gasteiger partial charge in [0.25, 0.3) is 0 Å². The second-order valence-corrected chi connectivity index (χ2v) is 17.8. The van der Waals surface area contributed by atoms with Crippen molar-refractivity contribution in [1.82, 2.24) is 4.98 Å². The number of para-hydroxylation sites is 1. The average Bonchev–Trinajstić information content (AvgIpc) is 1.25. The number of aryl methyl sites for hydroxylation is 1. The van der Waals surface area contributed by atoms with Crippen molar-refractivity contribution in [2.24, 2.45) is 0 Å². The minimum absolute atomic E-state index is 0.0463. The molecule has 0 fully saturated rings. The first kappa shape index (κ1) is 63.1. The third-order valence-corrected chi connectivity index (χ3v) is 12.1. The standard InChI is InChI=1S/C32H12BF24.C20H17N2O3/c34-25(35,36)13-1-14(26(37,38)39)6-21(5-13)33(22-7-15(27(40,41)42)2-16(8-22)28(43,44)45,23-9-17(29(46,47)48)3-18(10-23)30(49,50)51)24-11-19(31(52,53)54)4-20(12-24)32(55,56)57;1-15-7-5-6-10-19(15)25-20(24)17-13-22(12-11-21-17)14-18(23)16-8-3-2-4-9-16/h1-12H;2-13H,14H2,1H3/q-1;+1. The number of halogens is 24. The number of carbonyl (C=O) groups is 2. The Bertz CT molecular complexity index is 3050. The molecule has 30 heteroatoms. The lowest BCUT2D eigenvalue weighted by atomic mass is 9.12. The molecule has 5 nitrogen and oxygen atoms in total. The van der Waals surface area contributed by atoms with Crippen LogP contribution in [0.3, 0.4) is 0 Å². The lowest BCUT2D eigenvalue weighted by Gasteiger charge is -2.46. The number of hydrogen-bond acceptors (Lipinski definition) is 4. The van der Waals surface area contributed by atoms with Gasteiger partial charge in [-0.2, -0.15) is 132 Å². The van der Waals surface area contributed by atoms with Crippen LogP contribution in [-0.2, 0) is 56.0 Å². The van der Waals surface area contributed by atoms with E-state index >= 15 is 0 Å². The number of benzene rings is 6. The number of carbonyl (C=O) groups excluding carboxylic acids is 2. The highest BCUT2D eigenvalue weighted by Crippen LogP contribution is 2.41. The van der Waals surface area contributed by atoms with E-state index in [0.29, 0.717) is 11.3 Å². The number of alkyl halides is 24. The largest absolute Gasteiger partial charge is 0.421 e. The van der Waals surface area contributed by atoms with Gasteiger partial charge in [-0.15, -0.1) is 0 Å². The number of esters is 1. The van der Waals surface area contributed by atoms with E-state index in [4.69, 9.17) is 4.74 Å². The number of rotatable bonds is 9. The van der Waals surface area contributed by atoms with E-state index in [1.165, 1.54) is 12.4 Å². The van der Waals surface area contributed by atoms with Crippen LogP contribution in [0.25, 0.3) is 0 Å². The summed E-state index contributed by atoms with van der Waals surface area (Å²) in [5, 5.41) is 0. The maximum Gasteiger partial charge on any atom is 0.416 e. The molecule has 82 heavy (non-hydrogen) atoms. The fourth-order valence-electron chi connectivity index (χ4n) is 8.41. The summed E-state index contributed by atoms with van der Waals surface area (Å²) in [6.45, 7) is 1.98. The molecule has 7 aromatic rings. The quantitative estimate of drug-likeness (QED) is 0.0361. The molecule has 0 amide bonds. The van der Waals surface area contributed by atoms with Crippen molar-refractivity contribution >= 4 is 39.7 Å². The van der Waals surface area contributed by atoms with Crippen molar-refractivity contribution < 1.29 is 124 Å². The molecule has 6 aromatic carbocycles. The van der Waals surface area contributed by atoms with E-state index in [1.54, 1.807) is 35.0 Å². The van der Waals surface area contributed by atoms with E-state index in [0.717, 1.165) is 5.56 Å². The first-order chi connectivity index (χ1) is 37.4. The van der Waals surface area contributed by atoms with Crippen molar-refractivity contribution in [3.8, 4) is 5.75 Å². The van der Waals surface area contributed by atoms with Gasteiger partial charge < -0.3 is 4.74 Å². The van der Waals surface area contributed by atoms with Crippen LogP contribution in [0.5, 0.6) is 5.75 Å². The highest BCUT2D eigenvalue weighted by Gasteiger charge is 2.47. The molecule has 0 saturated heterocycles. The van der Waals surface area contributed by atoms with Crippen LogP contribution < -0.4 is 31.2 Å². The smallest absolute Gasteiger partial charge is 0.416 e. The molecular weight excluding hydrogens is 1170 g/mol. The Balaban J connectivity index is 0.000000357. The molecule has 0 radical (unpaired) electrons. The number of aromatic nitrogens is 2. The van der Waals surface area contributed by atoms with E-state index in [2.05, 4.69) is 4.98 Å². The summed E-state index contributed by atoms with van der Waals surface area (Å²) in [5.74, 6) is -0.115. The number of nitrogens with zero attached hydrogens (tertiary/aromatic N) is 2. The molecule has 0 bridgehead atoms. The van der Waals surface area contributed by atoms with Crippen LogP contribution in [0, 0.1) is 6.92 Å². The van der Waals surface area contributed by atoms with Gasteiger partial charge in [-0.1, -0.05) is 97.1 Å². The summed E-state index contributed by atoms with van der Waals surface area (Å²) in [4.78, 5) is 28.6. The van der Waals surface area contributed by atoms with Crippen LogP contribution in [0.15, 0.2) is 146 Å².